The van der Waals surface area contributed by atoms with Crippen LogP contribution in [0, 0.1) is 17.8 Å². The molecule has 35 heavy (non-hydrogen) atoms. The van der Waals surface area contributed by atoms with Gasteiger partial charge in [0.05, 0.1) is 18.4 Å². The average Bonchev–Trinajstić information content (AvgIpc) is 2.87. The molecule has 8 heteroatoms. The third-order valence-electron chi connectivity index (χ3n) is 7.83. The van der Waals surface area contributed by atoms with Crippen molar-refractivity contribution in [2.24, 2.45) is 17.8 Å². The fourth-order valence-corrected chi connectivity index (χ4v) is 6.20. The third-order valence-corrected chi connectivity index (χ3v) is 7.83. The van der Waals surface area contributed by atoms with Crippen molar-refractivity contribution in [2.45, 2.75) is 31.4 Å². The molecule has 6 atom stereocenters. The van der Waals surface area contributed by atoms with E-state index in [1.54, 1.807) is 4.90 Å². The number of carboxylic acid groups (broad SMARTS) is 2. The molecule has 0 radical (unpaired) electrons. The lowest BCUT2D eigenvalue weighted by atomic mass is 9.70. The van der Waals surface area contributed by atoms with Gasteiger partial charge in [-0.05, 0) is 42.0 Å². The Bertz CT molecular complexity index is 1110. The second-order valence-corrected chi connectivity index (χ2v) is 9.80. The number of carboxylic acids is 2. The quantitative estimate of drug-likeness (QED) is 0.656. The molecule has 0 aromatic heterocycles. The highest BCUT2D eigenvalue weighted by Crippen LogP contribution is 2.41. The highest BCUT2D eigenvalue weighted by Gasteiger charge is 2.49. The van der Waals surface area contributed by atoms with Crippen LogP contribution in [0.25, 0.3) is 0 Å². The minimum atomic E-state index is -1.12. The summed E-state index contributed by atoms with van der Waals surface area (Å²) in [6, 6.07) is 17.8. The molecule has 4 aliphatic heterocycles. The molecule has 6 unspecified atom stereocenters. The first kappa shape index (κ1) is 23.4. The van der Waals surface area contributed by atoms with Crippen LogP contribution in [-0.4, -0.2) is 70.3 Å². The lowest BCUT2D eigenvalue weighted by Gasteiger charge is -2.50. The van der Waals surface area contributed by atoms with E-state index in [0.717, 1.165) is 24.1 Å². The van der Waals surface area contributed by atoms with Gasteiger partial charge in [0.15, 0.2) is 0 Å². The highest BCUT2D eigenvalue weighted by molar-refractivity contribution is 5.78. The summed E-state index contributed by atoms with van der Waals surface area (Å²) in [6.45, 7) is 2.40. The number of aliphatic carboxylic acids is 2. The Labute approximate surface area is 204 Å². The van der Waals surface area contributed by atoms with Crippen molar-refractivity contribution in [3.8, 4) is 0 Å². The number of hydrogen-bond donors (Lipinski definition) is 2. The summed E-state index contributed by atoms with van der Waals surface area (Å²) >= 11 is 0. The van der Waals surface area contributed by atoms with E-state index in [1.165, 1.54) is 5.56 Å². The second-order valence-electron chi connectivity index (χ2n) is 9.80. The van der Waals surface area contributed by atoms with Crippen molar-refractivity contribution in [3.63, 3.8) is 0 Å². The van der Waals surface area contributed by atoms with Crippen molar-refractivity contribution < 1.29 is 29.3 Å². The minimum Gasteiger partial charge on any atom is -0.481 e. The Kier molecular flexibility index (Phi) is 6.47. The normalized spacial score (nSPS) is 28.1. The largest absolute Gasteiger partial charge is 0.481 e. The monoisotopic (exact) mass is 478 g/mol. The van der Waals surface area contributed by atoms with Crippen LogP contribution < -0.4 is 0 Å². The molecule has 0 saturated carbocycles. The molecule has 2 aromatic rings. The number of nitrogens with zero attached hydrogens (tertiary/aromatic N) is 2. The molecular weight excluding hydrogens is 448 g/mol. The summed E-state index contributed by atoms with van der Waals surface area (Å²) in [4.78, 5) is 40.7. The van der Waals surface area contributed by atoms with Crippen LogP contribution in [0.15, 0.2) is 54.6 Å². The van der Waals surface area contributed by atoms with Crippen LogP contribution in [0.2, 0.25) is 0 Å². The molecule has 2 bridgehead atoms. The van der Waals surface area contributed by atoms with E-state index in [0.29, 0.717) is 26.1 Å². The van der Waals surface area contributed by atoms with Crippen molar-refractivity contribution >= 4 is 18.0 Å². The number of fused-ring (bicyclic) bond motifs is 4. The van der Waals surface area contributed by atoms with E-state index in [1.807, 2.05) is 42.5 Å². The summed E-state index contributed by atoms with van der Waals surface area (Å²) < 4.78 is 6.10. The molecular formula is C27H30N2O6. The summed E-state index contributed by atoms with van der Waals surface area (Å²) in [7, 11) is 0. The fraction of sp³-hybridized carbons (Fsp3) is 0.444. The fourth-order valence-electron chi connectivity index (χ4n) is 6.20. The molecule has 184 valence electrons. The first-order valence-corrected chi connectivity index (χ1v) is 12.2. The van der Waals surface area contributed by atoms with Gasteiger partial charge < -0.3 is 14.9 Å². The van der Waals surface area contributed by atoms with Gasteiger partial charge in [0.2, 0.25) is 0 Å². The molecule has 4 aliphatic rings. The lowest BCUT2D eigenvalue weighted by Crippen LogP contribution is -2.59. The van der Waals surface area contributed by atoms with Gasteiger partial charge in [-0.1, -0.05) is 54.6 Å². The van der Waals surface area contributed by atoms with Crippen molar-refractivity contribution in [2.75, 3.05) is 26.2 Å². The molecule has 3 saturated heterocycles. The summed E-state index contributed by atoms with van der Waals surface area (Å²) in [5, 5.41) is 19.0. The molecule has 3 fully saturated rings. The molecule has 2 N–H and O–H groups in total. The first-order valence-electron chi connectivity index (χ1n) is 12.2. The number of ether oxygens (including phenoxy) is 1. The van der Waals surface area contributed by atoms with Crippen LogP contribution in [0.3, 0.4) is 0 Å². The van der Waals surface area contributed by atoms with Crippen LogP contribution >= 0.6 is 0 Å². The standard InChI is InChI=1S/C27H30N2O6/c30-24(31)14-21(26(32)33)22-15-28-12-11-20(22)23(16-28)35-27(34)29-13-10-17-6-4-5-9-19(17)25(29)18-7-2-1-3-8-18/h1-9,20-23,25H,10-16H2,(H,30,31)(H,32,33). The molecule has 1 amide bonds. The van der Waals surface area contributed by atoms with E-state index in [4.69, 9.17) is 4.74 Å². The molecule has 6 rings (SSSR count). The van der Waals surface area contributed by atoms with Crippen molar-refractivity contribution in [3.05, 3.63) is 71.3 Å². The summed E-state index contributed by atoms with van der Waals surface area (Å²) in [5.74, 6) is -3.76. The highest BCUT2D eigenvalue weighted by atomic mass is 16.6. The number of carbonyl (C=O) groups excluding carboxylic acids is 1. The smallest absolute Gasteiger partial charge is 0.410 e. The van der Waals surface area contributed by atoms with Gasteiger partial charge in [-0.2, -0.15) is 0 Å². The lowest BCUT2D eigenvalue weighted by molar-refractivity contribution is -0.157. The van der Waals surface area contributed by atoms with E-state index in [-0.39, 0.29) is 17.9 Å². The zero-order chi connectivity index (χ0) is 24.5. The molecule has 4 heterocycles. The molecule has 0 aliphatic carbocycles. The average molecular weight is 479 g/mol. The molecule has 8 nitrogen and oxygen atoms in total. The predicted octanol–water partition coefficient (Wildman–Crippen LogP) is 3.27. The van der Waals surface area contributed by atoms with Crippen LogP contribution in [0.5, 0.6) is 0 Å². The van der Waals surface area contributed by atoms with Gasteiger partial charge in [0.25, 0.3) is 0 Å². The molecule has 2 aromatic carbocycles. The van der Waals surface area contributed by atoms with Gasteiger partial charge in [0.1, 0.15) is 6.10 Å². The van der Waals surface area contributed by atoms with Crippen LogP contribution in [0.4, 0.5) is 4.79 Å². The summed E-state index contributed by atoms with van der Waals surface area (Å²) in [6.07, 6.45) is 0.133. The van der Waals surface area contributed by atoms with E-state index in [9.17, 15) is 24.6 Å². The van der Waals surface area contributed by atoms with E-state index in [2.05, 4.69) is 17.0 Å². The minimum absolute atomic E-state index is 0.170. The van der Waals surface area contributed by atoms with Gasteiger partial charge in [-0.15, -0.1) is 0 Å². The zero-order valence-corrected chi connectivity index (χ0v) is 19.5. The van der Waals surface area contributed by atoms with Crippen LogP contribution in [-0.2, 0) is 20.7 Å². The van der Waals surface area contributed by atoms with E-state index < -0.39 is 36.5 Å². The van der Waals surface area contributed by atoms with Gasteiger partial charge in [0, 0.05) is 25.6 Å². The number of amides is 1. The second kappa shape index (κ2) is 9.70. The topological polar surface area (TPSA) is 107 Å². The third kappa shape index (κ3) is 4.62. The molecule has 0 spiro atoms. The maximum atomic E-state index is 13.6. The Morgan fingerprint density at radius 3 is 2.43 bits per heavy atom. The summed E-state index contributed by atoms with van der Waals surface area (Å²) in [5.41, 5.74) is 3.31. The van der Waals surface area contributed by atoms with Gasteiger partial charge in [-0.3, -0.25) is 19.4 Å². The maximum absolute atomic E-state index is 13.6. The number of hydrogen-bond acceptors (Lipinski definition) is 5. The number of benzene rings is 2. The first-order chi connectivity index (χ1) is 16.9. The van der Waals surface area contributed by atoms with Crippen molar-refractivity contribution in [1.82, 2.24) is 9.80 Å². The SMILES string of the molecule is O=C(O)CC(C(=O)O)C1CN2CCC1C(OC(=O)N1CCc3ccccc3C1c1ccccc1)C2. The zero-order valence-electron chi connectivity index (χ0n) is 19.5. The van der Waals surface area contributed by atoms with Crippen LogP contribution in [0.1, 0.15) is 35.6 Å². The Morgan fingerprint density at radius 1 is 0.971 bits per heavy atom. The van der Waals surface area contributed by atoms with Crippen molar-refractivity contribution in [1.29, 1.82) is 0 Å². The van der Waals surface area contributed by atoms with E-state index >= 15 is 0 Å². The predicted molar refractivity (Wildman–Crippen MR) is 127 cm³/mol. The Hall–Kier alpha value is -3.39. The number of carbonyl (C=O) groups is 3. The number of rotatable bonds is 6. The van der Waals surface area contributed by atoms with Gasteiger partial charge in [-0.25, -0.2) is 4.79 Å². The number of piperidine rings is 3. The van der Waals surface area contributed by atoms with Gasteiger partial charge >= 0.3 is 18.0 Å². The Balaban J connectivity index is 1.38. The maximum Gasteiger partial charge on any atom is 0.410 e. The Morgan fingerprint density at radius 2 is 1.71 bits per heavy atom.